The highest BCUT2D eigenvalue weighted by molar-refractivity contribution is 7.14. The van der Waals surface area contributed by atoms with E-state index in [2.05, 4.69) is 10.3 Å². The number of aromatic nitrogens is 1. The smallest absolute Gasteiger partial charge is 0.357 e. The normalized spacial score (nSPS) is 10.3. The zero-order chi connectivity index (χ0) is 13.8. The summed E-state index contributed by atoms with van der Waals surface area (Å²) in [5.74, 6) is -2.39. The highest BCUT2D eigenvalue weighted by Crippen LogP contribution is 2.22. The first-order chi connectivity index (χ1) is 9.10. The predicted octanol–water partition coefficient (Wildman–Crippen LogP) is 3.34. The molecular weight excluding hydrogens is 274 g/mol. The van der Waals surface area contributed by atoms with E-state index >= 15 is 0 Å². The zero-order valence-corrected chi connectivity index (χ0v) is 10.8. The van der Waals surface area contributed by atoms with E-state index in [0.29, 0.717) is 10.8 Å². The quantitative estimate of drug-likeness (QED) is 0.875. The molecule has 0 amide bonds. The Morgan fingerprint density at radius 1 is 1.42 bits per heavy atom. The number of nitrogens with zero attached hydrogens (tertiary/aromatic N) is 1. The molecule has 0 unspecified atom stereocenters. The maximum atomic E-state index is 13.0. The number of halogens is 2. The van der Waals surface area contributed by atoms with Crippen LogP contribution in [0.1, 0.15) is 17.4 Å². The van der Waals surface area contributed by atoms with Gasteiger partial charge in [0, 0.05) is 17.1 Å². The molecule has 0 bridgehead atoms. The summed E-state index contributed by atoms with van der Waals surface area (Å²) in [5, 5.41) is 4.71. The second-order valence-corrected chi connectivity index (χ2v) is 4.37. The summed E-state index contributed by atoms with van der Waals surface area (Å²) in [7, 11) is 0. The third-order valence-electron chi connectivity index (χ3n) is 2.16. The highest BCUT2D eigenvalue weighted by atomic mass is 32.1. The fourth-order valence-electron chi connectivity index (χ4n) is 1.33. The van der Waals surface area contributed by atoms with Crippen LogP contribution in [0.4, 0.5) is 19.6 Å². The largest absolute Gasteiger partial charge is 0.461 e. The number of anilines is 2. The zero-order valence-electron chi connectivity index (χ0n) is 9.94. The van der Waals surface area contributed by atoms with Gasteiger partial charge in [0.05, 0.1) is 6.61 Å². The minimum absolute atomic E-state index is 0.178. The van der Waals surface area contributed by atoms with Gasteiger partial charge in [-0.25, -0.2) is 18.6 Å². The molecule has 100 valence electrons. The Hall–Kier alpha value is -2.02. The van der Waals surface area contributed by atoms with Crippen LogP contribution in [-0.4, -0.2) is 17.6 Å². The number of hydrogen-bond acceptors (Lipinski definition) is 5. The Morgan fingerprint density at radius 2 is 2.21 bits per heavy atom. The minimum Gasteiger partial charge on any atom is -0.461 e. The maximum absolute atomic E-state index is 13.0. The number of carbonyl (C=O) groups is 1. The van der Waals surface area contributed by atoms with Crippen molar-refractivity contribution >= 4 is 28.1 Å². The lowest BCUT2D eigenvalue weighted by Crippen LogP contribution is -2.05. The standard InChI is InChI=1S/C12H10F2N2O2S/c1-2-18-11(17)10-6-19-12(16-10)15-7-3-4-8(13)9(14)5-7/h3-6H,2H2,1H3,(H,15,16). The molecule has 2 aromatic rings. The van der Waals surface area contributed by atoms with E-state index < -0.39 is 17.6 Å². The van der Waals surface area contributed by atoms with Crippen molar-refractivity contribution in [1.29, 1.82) is 0 Å². The molecule has 0 fully saturated rings. The van der Waals surface area contributed by atoms with E-state index in [0.717, 1.165) is 12.1 Å². The van der Waals surface area contributed by atoms with Crippen molar-refractivity contribution in [2.24, 2.45) is 0 Å². The summed E-state index contributed by atoms with van der Waals surface area (Å²) in [6.07, 6.45) is 0. The number of benzene rings is 1. The lowest BCUT2D eigenvalue weighted by molar-refractivity contribution is 0.0520. The van der Waals surface area contributed by atoms with Gasteiger partial charge in [0.1, 0.15) is 0 Å². The van der Waals surface area contributed by atoms with Crippen molar-refractivity contribution in [3.63, 3.8) is 0 Å². The number of thiazole rings is 1. The molecule has 19 heavy (non-hydrogen) atoms. The number of nitrogens with one attached hydrogen (secondary N) is 1. The molecule has 1 N–H and O–H groups in total. The third kappa shape index (κ3) is 3.25. The first-order valence-corrected chi connectivity index (χ1v) is 6.33. The lowest BCUT2D eigenvalue weighted by Gasteiger charge is -2.02. The first kappa shape index (κ1) is 13.4. The van der Waals surface area contributed by atoms with Crippen LogP contribution in [0.25, 0.3) is 0 Å². The average Bonchev–Trinajstić information content (AvgIpc) is 2.83. The van der Waals surface area contributed by atoms with Gasteiger partial charge in [-0.1, -0.05) is 0 Å². The van der Waals surface area contributed by atoms with Gasteiger partial charge in [-0.05, 0) is 19.1 Å². The van der Waals surface area contributed by atoms with E-state index in [1.807, 2.05) is 0 Å². The predicted molar refractivity (Wildman–Crippen MR) is 67.7 cm³/mol. The Bertz CT molecular complexity index is 601. The number of rotatable bonds is 4. The van der Waals surface area contributed by atoms with Crippen molar-refractivity contribution in [3.05, 3.63) is 40.9 Å². The molecule has 0 aliphatic carbocycles. The second-order valence-electron chi connectivity index (χ2n) is 3.51. The highest BCUT2D eigenvalue weighted by Gasteiger charge is 2.12. The van der Waals surface area contributed by atoms with Crippen LogP contribution >= 0.6 is 11.3 Å². The van der Waals surface area contributed by atoms with Crippen LogP contribution < -0.4 is 5.32 Å². The lowest BCUT2D eigenvalue weighted by atomic mass is 10.3. The monoisotopic (exact) mass is 284 g/mol. The van der Waals surface area contributed by atoms with Crippen LogP contribution in [-0.2, 0) is 4.74 Å². The van der Waals surface area contributed by atoms with Gasteiger partial charge in [0.25, 0.3) is 0 Å². The molecule has 0 aliphatic rings. The van der Waals surface area contributed by atoms with Gasteiger partial charge in [-0.3, -0.25) is 0 Å². The minimum atomic E-state index is -0.952. The van der Waals surface area contributed by atoms with Crippen LogP contribution in [0.3, 0.4) is 0 Å². The van der Waals surface area contributed by atoms with Crippen LogP contribution in [0.15, 0.2) is 23.6 Å². The fourth-order valence-corrected chi connectivity index (χ4v) is 2.03. The van der Waals surface area contributed by atoms with Gasteiger partial charge >= 0.3 is 5.97 Å². The van der Waals surface area contributed by atoms with Gasteiger partial charge in [-0.15, -0.1) is 11.3 Å². The topological polar surface area (TPSA) is 51.2 Å². The van der Waals surface area contributed by atoms with Gasteiger partial charge in [0.2, 0.25) is 0 Å². The molecule has 0 spiro atoms. The number of hydrogen-bond donors (Lipinski definition) is 1. The van der Waals surface area contributed by atoms with E-state index in [4.69, 9.17) is 4.74 Å². The number of carbonyl (C=O) groups excluding carboxylic acids is 1. The Balaban J connectivity index is 2.11. The molecule has 1 aromatic carbocycles. The molecule has 0 aliphatic heterocycles. The number of esters is 1. The molecule has 7 heteroatoms. The van der Waals surface area contributed by atoms with Crippen LogP contribution in [0.2, 0.25) is 0 Å². The van der Waals surface area contributed by atoms with Crippen molar-refractivity contribution in [2.45, 2.75) is 6.92 Å². The molecule has 2 rings (SSSR count). The maximum Gasteiger partial charge on any atom is 0.357 e. The fraction of sp³-hybridized carbons (Fsp3) is 0.167. The van der Waals surface area contributed by atoms with E-state index in [1.54, 1.807) is 6.92 Å². The van der Waals surface area contributed by atoms with E-state index in [1.165, 1.54) is 22.8 Å². The Labute approximate surface area is 112 Å². The molecule has 1 aromatic heterocycles. The Kier molecular flexibility index (Phi) is 4.06. The van der Waals surface area contributed by atoms with Crippen molar-refractivity contribution < 1.29 is 18.3 Å². The first-order valence-electron chi connectivity index (χ1n) is 5.45. The summed E-state index contributed by atoms with van der Waals surface area (Å²) >= 11 is 1.17. The summed E-state index contributed by atoms with van der Waals surface area (Å²) < 4.78 is 30.6. The summed E-state index contributed by atoms with van der Waals surface area (Å²) in [5.41, 5.74) is 0.528. The Morgan fingerprint density at radius 3 is 2.89 bits per heavy atom. The summed E-state index contributed by atoms with van der Waals surface area (Å²) in [6.45, 7) is 1.97. The molecule has 0 radical (unpaired) electrons. The third-order valence-corrected chi connectivity index (χ3v) is 2.92. The van der Waals surface area contributed by atoms with Gasteiger partial charge in [-0.2, -0.15) is 0 Å². The van der Waals surface area contributed by atoms with Gasteiger partial charge in [0.15, 0.2) is 22.5 Å². The summed E-state index contributed by atoms with van der Waals surface area (Å²) in [6, 6.07) is 3.40. The van der Waals surface area contributed by atoms with Crippen molar-refractivity contribution in [1.82, 2.24) is 4.98 Å². The van der Waals surface area contributed by atoms with Gasteiger partial charge < -0.3 is 10.1 Å². The molecule has 0 atom stereocenters. The van der Waals surface area contributed by atoms with Crippen LogP contribution in [0, 0.1) is 11.6 Å². The van der Waals surface area contributed by atoms with Crippen molar-refractivity contribution in [2.75, 3.05) is 11.9 Å². The summed E-state index contributed by atoms with van der Waals surface area (Å²) in [4.78, 5) is 15.4. The van der Waals surface area contributed by atoms with Crippen LogP contribution in [0.5, 0.6) is 0 Å². The average molecular weight is 284 g/mol. The second kappa shape index (κ2) is 5.75. The molecule has 0 saturated carbocycles. The molecular formula is C12H10F2N2O2S. The molecule has 1 heterocycles. The van der Waals surface area contributed by atoms with Crippen molar-refractivity contribution in [3.8, 4) is 0 Å². The molecule has 0 saturated heterocycles. The molecule has 4 nitrogen and oxygen atoms in total. The number of ether oxygens (including phenoxy) is 1. The SMILES string of the molecule is CCOC(=O)c1csc(Nc2ccc(F)c(F)c2)n1. The van der Waals surface area contributed by atoms with E-state index in [-0.39, 0.29) is 12.3 Å². The van der Waals surface area contributed by atoms with E-state index in [9.17, 15) is 13.6 Å².